The van der Waals surface area contributed by atoms with Gasteiger partial charge in [0.2, 0.25) is 0 Å². The van der Waals surface area contributed by atoms with E-state index in [-0.39, 0.29) is 17.8 Å². The SMILES string of the molecule is Cc1nn(-c2ccccc2)c(C)c1C(=O)OCC(=O)c1ccc(C(C)(C)C)cc1. The number of ketones is 1. The molecule has 0 aliphatic rings. The number of Topliss-reactive ketones (excluding diaryl/α,β-unsaturated/α-hetero) is 1. The van der Waals surface area contributed by atoms with Crippen LogP contribution in [-0.2, 0) is 10.2 Å². The lowest BCUT2D eigenvalue weighted by atomic mass is 9.86. The van der Waals surface area contributed by atoms with Crippen LogP contribution in [0, 0.1) is 13.8 Å². The third-order valence-corrected chi connectivity index (χ3v) is 4.90. The minimum Gasteiger partial charge on any atom is -0.454 e. The minimum atomic E-state index is -0.540. The lowest BCUT2D eigenvalue weighted by molar-refractivity contribution is 0.0473. The smallest absolute Gasteiger partial charge is 0.342 e. The number of aromatic nitrogens is 2. The van der Waals surface area contributed by atoms with Crippen molar-refractivity contribution in [2.45, 2.75) is 40.0 Å². The second-order valence-corrected chi connectivity index (χ2v) is 8.12. The monoisotopic (exact) mass is 390 g/mol. The molecule has 0 bridgehead atoms. The Morgan fingerprint density at radius 1 is 0.966 bits per heavy atom. The van der Waals surface area contributed by atoms with E-state index in [0.717, 1.165) is 11.3 Å². The van der Waals surface area contributed by atoms with Crippen molar-refractivity contribution >= 4 is 11.8 Å². The number of benzene rings is 2. The summed E-state index contributed by atoms with van der Waals surface area (Å²) in [4.78, 5) is 25.1. The number of hydrogen-bond acceptors (Lipinski definition) is 4. The summed E-state index contributed by atoms with van der Waals surface area (Å²) in [6.45, 7) is 9.62. The van der Waals surface area contributed by atoms with E-state index in [0.29, 0.717) is 22.5 Å². The Labute approximate surface area is 171 Å². The summed E-state index contributed by atoms with van der Waals surface area (Å²) in [7, 11) is 0. The zero-order valence-electron chi connectivity index (χ0n) is 17.5. The van der Waals surface area contributed by atoms with Gasteiger partial charge in [-0.3, -0.25) is 4.79 Å². The highest BCUT2D eigenvalue weighted by atomic mass is 16.5. The van der Waals surface area contributed by atoms with Crippen molar-refractivity contribution in [3.05, 3.63) is 82.7 Å². The number of carbonyl (C=O) groups excluding carboxylic acids is 2. The van der Waals surface area contributed by atoms with Crippen LogP contribution in [0.3, 0.4) is 0 Å². The molecule has 29 heavy (non-hydrogen) atoms. The summed E-state index contributed by atoms with van der Waals surface area (Å²) >= 11 is 0. The third kappa shape index (κ3) is 4.45. The van der Waals surface area contributed by atoms with Crippen LogP contribution < -0.4 is 0 Å². The van der Waals surface area contributed by atoms with Gasteiger partial charge in [0.15, 0.2) is 12.4 Å². The molecule has 0 amide bonds. The molecule has 0 spiro atoms. The van der Waals surface area contributed by atoms with E-state index in [1.165, 1.54) is 0 Å². The Kier molecular flexibility index (Phi) is 5.69. The summed E-state index contributed by atoms with van der Waals surface area (Å²) in [5, 5.41) is 4.45. The summed E-state index contributed by atoms with van der Waals surface area (Å²) in [5.41, 5.74) is 4.19. The highest BCUT2D eigenvalue weighted by molar-refractivity contribution is 5.99. The predicted octanol–water partition coefficient (Wildman–Crippen LogP) is 4.83. The van der Waals surface area contributed by atoms with Gasteiger partial charge < -0.3 is 4.74 Å². The number of rotatable bonds is 5. The molecule has 0 radical (unpaired) electrons. The highest BCUT2D eigenvalue weighted by Gasteiger charge is 2.22. The molecule has 1 heterocycles. The van der Waals surface area contributed by atoms with Gasteiger partial charge in [-0.15, -0.1) is 0 Å². The summed E-state index contributed by atoms with van der Waals surface area (Å²) in [6, 6.07) is 17.0. The molecule has 1 aromatic heterocycles. The standard InChI is InChI=1S/C24H26N2O3/c1-16-22(17(2)26(25-16)20-9-7-6-8-10-20)23(28)29-15-21(27)18-11-13-19(14-12-18)24(3,4)5/h6-14H,15H2,1-5H3. The Morgan fingerprint density at radius 3 is 2.17 bits per heavy atom. The Morgan fingerprint density at radius 2 is 1.59 bits per heavy atom. The predicted molar refractivity (Wildman–Crippen MR) is 113 cm³/mol. The van der Waals surface area contributed by atoms with Gasteiger partial charge in [0, 0.05) is 5.56 Å². The Hall–Kier alpha value is -3.21. The molecule has 5 heteroatoms. The van der Waals surface area contributed by atoms with Crippen LogP contribution in [0.15, 0.2) is 54.6 Å². The van der Waals surface area contributed by atoms with Gasteiger partial charge in [0.25, 0.3) is 0 Å². The van der Waals surface area contributed by atoms with E-state index in [4.69, 9.17) is 4.74 Å². The number of nitrogens with zero attached hydrogens (tertiary/aromatic N) is 2. The molecule has 0 unspecified atom stereocenters. The van der Waals surface area contributed by atoms with E-state index < -0.39 is 5.97 Å². The fraction of sp³-hybridized carbons (Fsp3) is 0.292. The normalized spacial score (nSPS) is 11.3. The average Bonchev–Trinajstić information content (AvgIpc) is 3.00. The maximum atomic E-state index is 12.6. The molecular weight excluding hydrogens is 364 g/mol. The van der Waals surface area contributed by atoms with Crippen molar-refractivity contribution in [3.8, 4) is 5.69 Å². The molecular formula is C24H26N2O3. The Balaban J connectivity index is 1.71. The first-order valence-electron chi connectivity index (χ1n) is 9.61. The van der Waals surface area contributed by atoms with Gasteiger partial charge in [-0.05, 0) is 37.0 Å². The van der Waals surface area contributed by atoms with E-state index in [2.05, 4.69) is 25.9 Å². The van der Waals surface area contributed by atoms with Gasteiger partial charge in [0.05, 0.1) is 17.1 Å². The van der Waals surface area contributed by atoms with Crippen LogP contribution in [0.4, 0.5) is 0 Å². The second-order valence-electron chi connectivity index (χ2n) is 8.12. The average molecular weight is 390 g/mol. The molecule has 0 N–H and O–H groups in total. The molecule has 3 rings (SSSR count). The van der Waals surface area contributed by atoms with Crippen molar-refractivity contribution < 1.29 is 14.3 Å². The fourth-order valence-electron chi connectivity index (χ4n) is 3.20. The molecule has 0 aliphatic carbocycles. The topological polar surface area (TPSA) is 61.2 Å². The Bertz CT molecular complexity index is 1030. The van der Waals surface area contributed by atoms with E-state index in [1.807, 2.05) is 49.4 Å². The van der Waals surface area contributed by atoms with Crippen LogP contribution in [0.2, 0.25) is 0 Å². The summed E-state index contributed by atoms with van der Waals surface area (Å²) in [5.74, 6) is -0.772. The summed E-state index contributed by atoms with van der Waals surface area (Å²) < 4.78 is 7.02. The zero-order valence-corrected chi connectivity index (χ0v) is 17.5. The third-order valence-electron chi connectivity index (χ3n) is 4.90. The lowest BCUT2D eigenvalue weighted by Gasteiger charge is -2.18. The fourth-order valence-corrected chi connectivity index (χ4v) is 3.20. The molecule has 2 aromatic carbocycles. The number of para-hydroxylation sites is 1. The zero-order chi connectivity index (χ0) is 21.2. The number of hydrogen-bond donors (Lipinski definition) is 0. The molecule has 150 valence electrons. The quantitative estimate of drug-likeness (QED) is 0.463. The molecule has 5 nitrogen and oxygen atoms in total. The van der Waals surface area contributed by atoms with Crippen LogP contribution in [0.25, 0.3) is 5.69 Å². The minimum absolute atomic E-state index is 0.0159. The van der Waals surface area contributed by atoms with Gasteiger partial charge in [-0.25, -0.2) is 9.48 Å². The van der Waals surface area contributed by atoms with Crippen molar-refractivity contribution in [3.63, 3.8) is 0 Å². The molecule has 3 aromatic rings. The first kappa shape index (κ1) is 20.5. The maximum absolute atomic E-state index is 12.6. The molecule has 0 atom stereocenters. The van der Waals surface area contributed by atoms with Crippen LogP contribution in [0.5, 0.6) is 0 Å². The lowest BCUT2D eigenvalue weighted by Crippen LogP contribution is -2.16. The molecule has 0 saturated heterocycles. The van der Waals surface area contributed by atoms with Crippen molar-refractivity contribution in [1.29, 1.82) is 0 Å². The van der Waals surface area contributed by atoms with Gasteiger partial charge in [-0.1, -0.05) is 63.2 Å². The first-order chi connectivity index (χ1) is 13.7. The van der Waals surface area contributed by atoms with Crippen molar-refractivity contribution in [1.82, 2.24) is 9.78 Å². The van der Waals surface area contributed by atoms with Crippen molar-refractivity contribution in [2.75, 3.05) is 6.61 Å². The summed E-state index contributed by atoms with van der Waals surface area (Å²) in [6.07, 6.45) is 0. The molecule has 0 fully saturated rings. The maximum Gasteiger partial charge on any atom is 0.342 e. The van der Waals surface area contributed by atoms with Crippen LogP contribution in [-0.4, -0.2) is 28.1 Å². The number of esters is 1. The highest BCUT2D eigenvalue weighted by Crippen LogP contribution is 2.22. The molecule has 0 aliphatic heterocycles. The molecule has 0 saturated carbocycles. The number of aryl methyl sites for hydroxylation is 1. The van der Waals surface area contributed by atoms with Gasteiger partial charge in [-0.2, -0.15) is 5.10 Å². The van der Waals surface area contributed by atoms with Crippen LogP contribution in [0.1, 0.15) is 58.4 Å². The van der Waals surface area contributed by atoms with Crippen molar-refractivity contribution in [2.24, 2.45) is 0 Å². The number of ether oxygens (including phenoxy) is 1. The number of carbonyl (C=O) groups is 2. The van der Waals surface area contributed by atoms with Gasteiger partial charge in [0.1, 0.15) is 5.56 Å². The van der Waals surface area contributed by atoms with E-state index in [9.17, 15) is 9.59 Å². The van der Waals surface area contributed by atoms with Crippen LogP contribution >= 0.6 is 0 Å². The van der Waals surface area contributed by atoms with E-state index >= 15 is 0 Å². The van der Waals surface area contributed by atoms with Gasteiger partial charge >= 0.3 is 5.97 Å². The van der Waals surface area contributed by atoms with E-state index in [1.54, 1.807) is 23.7 Å². The second kappa shape index (κ2) is 8.03. The largest absolute Gasteiger partial charge is 0.454 e. The first-order valence-corrected chi connectivity index (χ1v) is 9.61.